The fraction of sp³-hybridized carbons (Fsp3) is 0.333. The Kier molecular flexibility index (Phi) is 4.22. The molecule has 1 rings (SSSR count). The van der Waals surface area contributed by atoms with Crippen molar-refractivity contribution < 1.29 is 8.42 Å². The smallest absolute Gasteiger partial charge is 0.201 e. The molecule has 5 heteroatoms. The highest BCUT2D eigenvalue weighted by Crippen LogP contribution is 2.16. The zero-order valence-corrected chi connectivity index (χ0v) is 11.6. The topological polar surface area (TPSA) is 46.2 Å². The molecule has 0 aliphatic carbocycles. The molecule has 94 valence electrons. The highest BCUT2D eigenvalue weighted by Gasteiger charge is 2.11. The van der Waals surface area contributed by atoms with E-state index < -0.39 is 9.84 Å². The molecule has 0 aliphatic heterocycles. The van der Waals surface area contributed by atoms with E-state index in [1.165, 1.54) is 18.3 Å². The van der Waals surface area contributed by atoms with E-state index in [9.17, 15) is 8.42 Å². The lowest BCUT2D eigenvalue weighted by molar-refractivity contribution is 0.491. The van der Waals surface area contributed by atoms with Gasteiger partial charge in [0, 0.05) is 16.8 Å². The van der Waals surface area contributed by atoms with E-state index in [0.29, 0.717) is 5.02 Å². The predicted molar refractivity (Wildman–Crippen MR) is 70.7 cm³/mol. The van der Waals surface area contributed by atoms with E-state index in [4.69, 9.17) is 11.6 Å². The van der Waals surface area contributed by atoms with Crippen molar-refractivity contribution >= 4 is 21.4 Å². The third-order valence-corrected chi connectivity index (χ3v) is 3.58. The van der Waals surface area contributed by atoms with Crippen LogP contribution >= 0.6 is 11.6 Å². The fourth-order valence-electron chi connectivity index (χ4n) is 1.08. The first-order valence-electron chi connectivity index (χ1n) is 5.16. The van der Waals surface area contributed by atoms with Crippen molar-refractivity contribution in [3.63, 3.8) is 0 Å². The third-order valence-electron chi connectivity index (χ3n) is 1.91. The zero-order chi connectivity index (χ0) is 13.1. The van der Waals surface area contributed by atoms with Crippen LogP contribution in [0.5, 0.6) is 0 Å². The van der Waals surface area contributed by atoms with Gasteiger partial charge in [0.15, 0.2) is 0 Å². The normalized spacial score (nSPS) is 12.9. The van der Waals surface area contributed by atoms with Crippen LogP contribution in [0.3, 0.4) is 0 Å². The van der Waals surface area contributed by atoms with Crippen LogP contribution < -0.4 is 5.32 Å². The summed E-state index contributed by atoms with van der Waals surface area (Å²) < 4.78 is 23.7. The van der Waals surface area contributed by atoms with Gasteiger partial charge in [-0.3, -0.25) is 0 Å². The second-order valence-corrected chi connectivity index (χ2v) is 6.97. The first-order valence-corrected chi connectivity index (χ1v) is 7.08. The van der Waals surface area contributed by atoms with E-state index >= 15 is 0 Å². The van der Waals surface area contributed by atoms with Gasteiger partial charge in [0.25, 0.3) is 0 Å². The van der Waals surface area contributed by atoms with Gasteiger partial charge in [-0.25, -0.2) is 8.42 Å². The number of benzene rings is 1. The standard InChI is InChI=1S/C12H16ClNO2S/c1-12(2,3)14-8-9-17(15,16)11-6-4-10(13)5-7-11/h4-9,14H,1-3H3/b9-8+. The molecule has 3 nitrogen and oxygen atoms in total. The zero-order valence-electron chi connectivity index (χ0n) is 10.1. The lowest BCUT2D eigenvalue weighted by Gasteiger charge is -2.18. The Labute approximate surface area is 107 Å². The second kappa shape index (κ2) is 5.10. The molecule has 17 heavy (non-hydrogen) atoms. The van der Waals surface area contributed by atoms with Gasteiger partial charge in [-0.1, -0.05) is 11.6 Å². The largest absolute Gasteiger partial charge is 0.386 e. The number of hydrogen-bond donors (Lipinski definition) is 1. The molecular formula is C12H16ClNO2S. The summed E-state index contributed by atoms with van der Waals surface area (Å²) in [5, 5.41) is 4.64. The quantitative estimate of drug-likeness (QED) is 0.921. The van der Waals surface area contributed by atoms with Crippen LogP contribution in [0.4, 0.5) is 0 Å². The van der Waals surface area contributed by atoms with Gasteiger partial charge in [-0.15, -0.1) is 0 Å². The van der Waals surface area contributed by atoms with Gasteiger partial charge in [0.1, 0.15) is 0 Å². The molecule has 0 heterocycles. The molecule has 0 aromatic heterocycles. The molecule has 0 unspecified atom stereocenters. The second-order valence-electron chi connectivity index (χ2n) is 4.70. The van der Waals surface area contributed by atoms with Crippen LogP contribution in [0.2, 0.25) is 5.02 Å². The van der Waals surface area contributed by atoms with Crippen molar-refractivity contribution in [3.8, 4) is 0 Å². The molecule has 0 fully saturated rings. The lowest BCUT2D eigenvalue weighted by Crippen LogP contribution is -2.31. The van der Waals surface area contributed by atoms with E-state index in [1.54, 1.807) is 12.1 Å². The summed E-state index contributed by atoms with van der Waals surface area (Å²) in [7, 11) is -3.40. The highest BCUT2D eigenvalue weighted by atomic mass is 35.5. The average molecular weight is 274 g/mol. The van der Waals surface area contributed by atoms with E-state index in [0.717, 1.165) is 5.41 Å². The SMILES string of the molecule is CC(C)(C)N/C=C/S(=O)(=O)c1ccc(Cl)cc1. The van der Waals surface area contributed by atoms with Crippen LogP contribution in [0, 0.1) is 0 Å². The Bertz CT molecular complexity index is 498. The molecule has 1 aromatic rings. The maximum Gasteiger partial charge on any atom is 0.201 e. The summed E-state index contributed by atoms with van der Waals surface area (Å²) in [6.45, 7) is 5.85. The highest BCUT2D eigenvalue weighted by molar-refractivity contribution is 7.94. The van der Waals surface area contributed by atoms with E-state index in [2.05, 4.69) is 5.32 Å². The van der Waals surface area contributed by atoms with Crippen LogP contribution in [-0.4, -0.2) is 14.0 Å². The maximum absolute atomic E-state index is 11.9. The van der Waals surface area contributed by atoms with Crippen LogP contribution in [-0.2, 0) is 9.84 Å². The molecule has 0 saturated heterocycles. The summed E-state index contributed by atoms with van der Waals surface area (Å²) in [6.07, 6.45) is 1.45. The minimum absolute atomic E-state index is 0.161. The molecule has 1 N–H and O–H groups in total. The van der Waals surface area contributed by atoms with Crippen molar-refractivity contribution in [1.82, 2.24) is 5.32 Å². The van der Waals surface area contributed by atoms with Gasteiger partial charge >= 0.3 is 0 Å². The Hall–Kier alpha value is -1.00. The van der Waals surface area contributed by atoms with Gasteiger partial charge in [-0.2, -0.15) is 0 Å². The molecule has 0 atom stereocenters. The summed E-state index contributed by atoms with van der Waals surface area (Å²) in [5.41, 5.74) is -0.161. The lowest BCUT2D eigenvalue weighted by atomic mass is 10.1. The summed E-state index contributed by atoms with van der Waals surface area (Å²) >= 11 is 5.70. The van der Waals surface area contributed by atoms with Crippen molar-refractivity contribution in [3.05, 3.63) is 40.9 Å². The van der Waals surface area contributed by atoms with E-state index in [-0.39, 0.29) is 10.4 Å². The van der Waals surface area contributed by atoms with Crippen molar-refractivity contribution in [2.75, 3.05) is 0 Å². The van der Waals surface area contributed by atoms with Gasteiger partial charge in [-0.05, 0) is 45.0 Å². The van der Waals surface area contributed by atoms with Crippen molar-refractivity contribution in [2.24, 2.45) is 0 Å². The Balaban J connectivity index is 2.86. The maximum atomic E-state index is 11.9. The summed E-state index contributed by atoms with van der Waals surface area (Å²) in [4.78, 5) is 0.230. The Morgan fingerprint density at radius 1 is 1.18 bits per heavy atom. The van der Waals surface area contributed by atoms with Crippen molar-refractivity contribution in [1.29, 1.82) is 0 Å². The molecule has 0 spiro atoms. The van der Waals surface area contributed by atoms with Gasteiger partial charge < -0.3 is 5.32 Å². The first-order chi connectivity index (χ1) is 7.71. The molecule has 1 aromatic carbocycles. The minimum Gasteiger partial charge on any atom is -0.386 e. The average Bonchev–Trinajstić information content (AvgIpc) is 2.15. The number of hydrogen-bond acceptors (Lipinski definition) is 3. The molecule has 0 bridgehead atoms. The van der Waals surface area contributed by atoms with Gasteiger partial charge in [0.05, 0.1) is 10.3 Å². The van der Waals surface area contributed by atoms with Crippen LogP contribution in [0.25, 0.3) is 0 Å². The third kappa shape index (κ3) is 4.79. The monoisotopic (exact) mass is 273 g/mol. The minimum atomic E-state index is -3.40. The molecular weight excluding hydrogens is 258 g/mol. The van der Waals surface area contributed by atoms with Gasteiger partial charge in [0.2, 0.25) is 9.84 Å². The number of rotatable bonds is 3. The summed E-state index contributed by atoms with van der Waals surface area (Å²) in [6, 6.07) is 6.08. The molecule has 0 radical (unpaired) electrons. The predicted octanol–water partition coefficient (Wildman–Crippen LogP) is 2.97. The fourth-order valence-corrected chi connectivity index (χ4v) is 2.12. The van der Waals surface area contributed by atoms with E-state index in [1.807, 2.05) is 20.8 Å². The Morgan fingerprint density at radius 2 is 1.71 bits per heavy atom. The van der Waals surface area contributed by atoms with Crippen LogP contribution in [0.1, 0.15) is 20.8 Å². The molecule has 0 aliphatic rings. The first kappa shape index (κ1) is 14.1. The van der Waals surface area contributed by atoms with Crippen LogP contribution in [0.15, 0.2) is 40.8 Å². The Morgan fingerprint density at radius 3 is 2.18 bits per heavy atom. The number of sulfone groups is 1. The van der Waals surface area contributed by atoms with Crippen molar-refractivity contribution in [2.45, 2.75) is 31.2 Å². The number of nitrogens with one attached hydrogen (secondary N) is 1. The number of halogens is 1. The molecule has 0 amide bonds. The summed E-state index contributed by atoms with van der Waals surface area (Å²) in [5.74, 6) is 0. The molecule has 0 saturated carbocycles.